The maximum absolute atomic E-state index is 12.5. The zero-order valence-corrected chi connectivity index (χ0v) is 16.7. The van der Waals surface area contributed by atoms with Gasteiger partial charge < -0.3 is 10.1 Å². The third-order valence-corrected chi connectivity index (χ3v) is 5.62. The molecule has 0 aliphatic carbocycles. The zero-order chi connectivity index (χ0) is 19.4. The molecule has 0 radical (unpaired) electrons. The lowest BCUT2D eigenvalue weighted by Gasteiger charge is -2.26. The number of sulfonamides is 1. The van der Waals surface area contributed by atoms with Crippen molar-refractivity contribution in [3.8, 4) is 0 Å². The van der Waals surface area contributed by atoms with Gasteiger partial charge in [0.2, 0.25) is 10.0 Å². The van der Waals surface area contributed by atoms with E-state index in [9.17, 15) is 13.2 Å². The van der Waals surface area contributed by atoms with E-state index in [0.717, 1.165) is 0 Å². The van der Waals surface area contributed by atoms with Crippen LogP contribution in [-0.4, -0.2) is 55.6 Å². The monoisotopic (exact) mass is 400 g/mol. The minimum atomic E-state index is -3.58. The van der Waals surface area contributed by atoms with Crippen molar-refractivity contribution < 1.29 is 17.9 Å². The highest BCUT2D eigenvalue weighted by Crippen LogP contribution is 2.17. The van der Waals surface area contributed by atoms with E-state index in [1.54, 1.807) is 0 Å². The molecule has 1 aromatic carbocycles. The van der Waals surface area contributed by atoms with Crippen LogP contribution in [0.25, 0.3) is 0 Å². The molecular weight excluding hydrogens is 376 g/mol. The molecule has 1 amide bonds. The number of hydrogen-bond donors (Lipinski definition) is 3. The quantitative estimate of drug-likeness (QED) is 0.505. The summed E-state index contributed by atoms with van der Waals surface area (Å²) < 4.78 is 31.7. The normalized spacial score (nSPS) is 16.0. The van der Waals surface area contributed by atoms with Crippen LogP contribution in [0.3, 0.4) is 0 Å². The van der Waals surface area contributed by atoms with Gasteiger partial charge in [0.05, 0.1) is 18.1 Å². The van der Waals surface area contributed by atoms with E-state index in [1.165, 1.54) is 28.6 Å². The van der Waals surface area contributed by atoms with E-state index in [4.69, 9.17) is 17.0 Å². The molecule has 1 saturated heterocycles. The summed E-state index contributed by atoms with van der Waals surface area (Å²) in [6, 6.07) is 5.77. The lowest BCUT2D eigenvalue weighted by atomic mass is 10.1. The van der Waals surface area contributed by atoms with Crippen molar-refractivity contribution in [2.45, 2.75) is 31.2 Å². The Morgan fingerprint density at radius 2 is 1.69 bits per heavy atom. The Kier molecular flexibility index (Phi) is 6.56. The molecule has 26 heavy (non-hydrogen) atoms. The standard InChI is InChI=1S/C16H24N4O4S2/c1-16(2,3)17-15(25)19-18-14(21)12-4-6-13(7-5-12)26(22,23)20-8-10-24-11-9-20/h4-7H,8-11H2,1-3H3,(H,18,21)(H2,17,19,25). The first-order chi connectivity index (χ1) is 12.1. The van der Waals surface area contributed by atoms with Crippen molar-refractivity contribution in [1.29, 1.82) is 0 Å². The van der Waals surface area contributed by atoms with Gasteiger partial charge in [-0.2, -0.15) is 4.31 Å². The fourth-order valence-electron chi connectivity index (χ4n) is 2.27. The molecule has 0 bridgehead atoms. The number of morpholine rings is 1. The van der Waals surface area contributed by atoms with Crippen LogP contribution < -0.4 is 16.2 Å². The number of nitrogens with one attached hydrogen (secondary N) is 3. The second kappa shape index (κ2) is 8.30. The van der Waals surface area contributed by atoms with Gasteiger partial charge in [0.15, 0.2) is 5.11 Å². The van der Waals surface area contributed by atoms with Gasteiger partial charge in [0.1, 0.15) is 0 Å². The first kappa shape index (κ1) is 20.6. The summed E-state index contributed by atoms with van der Waals surface area (Å²) in [6.07, 6.45) is 0. The molecule has 0 unspecified atom stereocenters. The van der Waals surface area contributed by atoms with Crippen LogP contribution >= 0.6 is 12.2 Å². The van der Waals surface area contributed by atoms with Crippen molar-refractivity contribution in [3.63, 3.8) is 0 Å². The van der Waals surface area contributed by atoms with Crippen LogP contribution in [0.4, 0.5) is 0 Å². The van der Waals surface area contributed by atoms with Crippen LogP contribution in [0, 0.1) is 0 Å². The molecule has 2 rings (SSSR count). The zero-order valence-electron chi connectivity index (χ0n) is 15.0. The van der Waals surface area contributed by atoms with Crippen molar-refractivity contribution in [1.82, 2.24) is 20.5 Å². The van der Waals surface area contributed by atoms with Gasteiger partial charge in [-0.1, -0.05) is 0 Å². The predicted molar refractivity (Wildman–Crippen MR) is 102 cm³/mol. The fraction of sp³-hybridized carbons (Fsp3) is 0.500. The van der Waals surface area contributed by atoms with Gasteiger partial charge >= 0.3 is 0 Å². The number of hydrazine groups is 1. The molecule has 0 aromatic heterocycles. The van der Waals surface area contributed by atoms with Crippen LogP contribution in [0.5, 0.6) is 0 Å². The molecule has 8 nitrogen and oxygen atoms in total. The first-order valence-electron chi connectivity index (χ1n) is 8.16. The average Bonchev–Trinajstić information content (AvgIpc) is 2.59. The van der Waals surface area contributed by atoms with Crippen LogP contribution in [0.15, 0.2) is 29.2 Å². The van der Waals surface area contributed by atoms with Crippen molar-refractivity contribution in [2.24, 2.45) is 0 Å². The highest BCUT2D eigenvalue weighted by Gasteiger charge is 2.26. The molecule has 1 aromatic rings. The minimum Gasteiger partial charge on any atom is -0.379 e. The lowest BCUT2D eigenvalue weighted by molar-refractivity contribution is 0.0730. The van der Waals surface area contributed by atoms with Crippen molar-refractivity contribution in [2.75, 3.05) is 26.3 Å². The van der Waals surface area contributed by atoms with E-state index in [-0.39, 0.29) is 15.5 Å². The fourth-order valence-corrected chi connectivity index (χ4v) is 4.04. The highest BCUT2D eigenvalue weighted by molar-refractivity contribution is 7.89. The summed E-state index contributed by atoms with van der Waals surface area (Å²) in [7, 11) is -3.58. The lowest BCUT2D eigenvalue weighted by Crippen LogP contribution is -2.52. The predicted octanol–water partition coefficient (Wildman–Crippen LogP) is 0.615. The molecule has 1 fully saturated rings. The number of thiocarbonyl (C=S) groups is 1. The molecular formula is C16H24N4O4S2. The Morgan fingerprint density at radius 1 is 1.12 bits per heavy atom. The van der Waals surface area contributed by atoms with Crippen LogP contribution in [0.1, 0.15) is 31.1 Å². The van der Waals surface area contributed by atoms with Gasteiger partial charge in [0, 0.05) is 24.2 Å². The van der Waals surface area contributed by atoms with E-state index in [2.05, 4.69) is 16.2 Å². The first-order valence-corrected chi connectivity index (χ1v) is 10.0. The number of ether oxygens (including phenoxy) is 1. The number of carbonyl (C=O) groups excluding carboxylic acids is 1. The summed E-state index contributed by atoms with van der Waals surface area (Å²) in [5.41, 5.74) is 5.17. The maximum atomic E-state index is 12.5. The van der Waals surface area contributed by atoms with Crippen molar-refractivity contribution >= 4 is 33.3 Å². The van der Waals surface area contributed by atoms with Crippen molar-refractivity contribution in [3.05, 3.63) is 29.8 Å². The summed E-state index contributed by atoms with van der Waals surface area (Å²) in [5.74, 6) is -0.418. The number of carbonyl (C=O) groups is 1. The summed E-state index contributed by atoms with van der Waals surface area (Å²) in [6.45, 7) is 7.24. The average molecular weight is 401 g/mol. The molecule has 10 heteroatoms. The minimum absolute atomic E-state index is 0.147. The Hall–Kier alpha value is -1.75. The number of rotatable bonds is 3. The van der Waals surface area contributed by atoms with Gasteiger partial charge in [0.25, 0.3) is 5.91 Å². The Morgan fingerprint density at radius 3 is 2.23 bits per heavy atom. The molecule has 0 spiro atoms. The Labute approximate surface area is 159 Å². The SMILES string of the molecule is CC(C)(C)NC(=S)NNC(=O)c1ccc(S(=O)(=O)N2CCOCC2)cc1. The summed E-state index contributed by atoms with van der Waals surface area (Å²) >= 11 is 5.08. The van der Waals surface area contributed by atoms with Gasteiger partial charge in [-0.3, -0.25) is 15.6 Å². The Bertz CT molecular complexity index is 751. The van der Waals surface area contributed by atoms with Gasteiger partial charge in [-0.15, -0.1) is 0 Å². The molecule has 144 valence electrons. The van der Waals surface area contributed by atoms with Gasteiger partial charge in [-0.25, -0.2) is 8.42 Å². The highest BCUT2D eigenvalue weighted by atomic mass is 32.2. The molecule has 0 atom stereocenters. The largest absolute Gasteiger partial charge is 0.379 e. The summed E-state index contributed by atoms with van der Waals surface area (Å²) in [5, 5.41) is 3.29. The maximum Gasteiger partial charge on any atom is 0.269 e. The molecule has 3 N–H and O–H groups in total. The number of nitrogens with zero attached hydrogens (tertiary/aromatic N) is 1. The molecule has 1 heterocycles. The molecule has 1 aliphatic heterocycles. The van der Waals surface area contributed by atoms with E-state index >= 15 is 0 Å². The second-order valence-corrected chi connectivity index (χ2v) is 9.17. The third kappa shape index (κ3) is 5.63. The molecule has 0 saturated carbocycles. The second-order valence-electron chi connectivity index (χ2n) is 6.82. The third-order valence-electron chi connectivity index (χ3n) is 3.50. The smallest absolute Gasteiger partial charge is 0.269 e. The topological polar surface area (TPSA) is 99.8 Å². The molecule has 1 aliphatic rings. The number of amides is 1. The number of benzene rings is 1. The van der Waals surface area contributed by atoms with E-state index in [1.807, 2.05) is 20.8 Å². The van der Waals surface area contributed by atoms with Crippen LogP contribution in [0.2, 0.25) is 0 Å². The van der Waals surface area contributed by atoms with Gasteiger partial charge in [-0.05, 0) is 57.3 Å². The van der Waals surface area contributed by atoms with E-state index < -0.39 is 15.9 Å². The summed E-state index contributed by atoms with van der Waals surface area (Å²) in [4.78, 5) is 12.3. The van der Waals surface area contributed by atoms with E-state index in [0.29, 0.717) is 31.9 Å². The Balaban J connectivity index is 1.98. The number of hydrogen-bond acceptors (Lipinski definition) is 5. The van der Waals surface area contributed by atoms with Crippen LogP contribution in [-0.2, 0) is 14.8 Å².